The van der Waals surface area contributed by atoms with E-state index in [0.29, 0.717) is 34.4 Å². The van der Waals surface area contributed by atoms with Crippen LogP contribution in [0.4, 0.5) is 10.3 Å². The normalized spacial score (nSPS) is 21.4. The van der Waals surface area contributed by atoms with Crippen LogP contribution in [0.5, 0.6) is 0 Å². The number of nitrogens with one attached hydrogen (secondary N) is 2. The molecule has 0 atom stereocenters. The Kier molecular flexibility index (Phi) is 5.18. The maximum Gasteiger partial charge on any atom is 0.314 e. The molecular weight excluding hydrogens is 393 g/mol. The number of anilines is 1. The first-order chi connectivity index (χ1) is 14.4. The summed E-state index contributed by atoms with van der Waals surface area (Å²) in [5.74, 6) is -0.561. The maximum absolute atomic E-state index is 13.4. The fourth-order valence-corrected chi connectivity index (χ4v) is 3.01. The number of ether oxygens (including phenoxy) is 2. The van der Waals surface area contributed by atoms with Crippen molar-refractivity contribution in [3.8, 4) is 22.6 Å². The van der Waals surface area contributed by atoms with Gasteiger partial charge in [0.05, 0.1) is 30.3 Å². The second-order valence-electron chi connectivity index (χ2n) is 7.19. The lowest BCUT2D eigenvalue weighted by atomic mass is 9.92. The molecular formula is C20H20FN5O4. The van der Waals surface area contributed by atoms with E-state index in [1.165, 1.54) is 12.1 Å². The Hall–Kier alpha value is -3.37. The monoisotopic (exact) mass is 413 g/mol. The van der Waals surface area contributed by atoms with Gasteiger partial charge in [0.1, 0.15) is 11.2 Å². The topological polar surface area (TPSA) is 122 Å². The van der Waals surface area contributed by atoms with Crippen molar-refractivity contribution in [3.63, 3.8) is 0 Å². The Bertz CT molecular complexity index is 1060. The zero-order chi connectivity index (χ0) is 21.3. The zero-order valence-electron chi connectivity index (χ0n) is 16.3. The van der Waals surface area contributed by atoms with Crippen molar-refractivity contribution in [2.45, 2.75) is 13.2 Å². The largest absolute Gasteiger partial charge is 0.481 e. The molecule has 0 bridgehead atoms. The summed E-state index contributed by atoms with van der Waals surface area (Å²) in [6.07, 6.45) is 0.741. The van der Waals surface area contributed by atoms with Crippen LogP contribution >= 0.6 is 0 Å². The highest BCUT2D eigenvalue weighted by molar-refractivity contribution is 5.77. The van der Waals surface area contributed by atoms with Crippen molar-refractivity contribution in [1.82, 2.24) is 19.9 Å². The van der Waals surface area contributed by atoms with E-state index in [1.54, 1.807) is 38.4 Å². The highest BCUT2D eigenvalue weighted by Crippen LogP contribution is 2.35. The molecule has 0 amide bonds. The van der Waals surface area contributed by atoms with Gasteiger partial charge in [-0.1, -0.05) is 0 Å². The van der Waals surface area contributed by atoms with Crippen molar-refractivity contribution >= 4 is 11.9 Å². The minimum absolute atomic E-state index is 0.0215. The molecule has 1 aliphatic heterocycles. The second-order valence-corrected chi connectivity index (χ2v) is 7.19. The smallest absolute Gasteiger partial charge is 0.314 e. The molecule has 0 saturated carbocycles. The molecule has 3 N–H and O–H groups in total. The van der Waals surface area contributed by atoms with E-state index in [9.17, 15) is 14.3 Å². The summed E-state index contributed by atoms with van der Waals surface area (Å²) < 4.78 is 24.7. The molecule has 1 aliphatic rings. The molecule has 1 saturated heterocycles. The van der Waals surface area contributed by atoms with Crippen LogP contribution in [0.15, 0.2) is 36.5 Å². The second kappa shape index (κ2) is 7.81. The Morgan fingerprint density at radius 3 is 2.57 bits per heavy atom. The van der Waals surface area contributed by atoms with Gasteiger partial charge in [-0.15, -0.1) is 0 Å². The number of hydrogen-bond donors (Lipinski definition) is 3. The number of carboxylic acids is 1. The summed E-state index contributed by atoms with van der Waals surface area (Å²) >= 11 is 0. The lowest BCUT2D eigenvalue weighted by Crippen LogP contribution is -2.42. The minimum atomic E-state index is -1.12. The molecule has 1 fully saturated rings. The molecule has 0 spiro atoms. The van der Waals surface area contributed by atoms with E-state index in [4.69, 9.17) is 9.47 Å². The number of benzene rings is 1. The number of H-pyrrole nitrogens is 1. The van der Waals surface area contributed by atoms with Gasteiger partial charge in [0, 0.05) is 18.8 Å². The molecule has 156 valence electrons. The number of aromatic nitrogens is 4. The Morgan fingerprint density at radius 1 is 1.23 bits per heavy atom. The van der Waals surface area contributed by atoms with Crippen molar-refractivity contribution < 1.29 is 23.8 Å². The third-order valence-corrected chi connectivity index (χ3v) is 4.82. The predicted molar refractivity (Wildman–Crippen MR) is 105 cm³/mol. The number of halogens is 1. The first-order valence-corrected chi connectivity index (χ1v) is 9.23. The molecule has 9 nitrogen and oxygen atoms in total. The van der Waals surface area contributed by atoms with Gasteiger partial charge < -0.3 is 24.9 Å². The van der Waals surface area contributed by atoms with Crippen LogP contribution in [0.25, 0.3) is 22.6 Å². The molecule has 3 heterocycles. The summed E-state index contributed by atoms with van der Waals surface area (Å²) in [5.41, 5.74) is 1.22. The Morgan fingerprint density at radius 2 is 1.93 bits per heavy atom. The van der Waals surface area contributed by atoms with E-state index >= 15 is 0 Å². The molecule has 10 heteroatoms. The van der Waals surface area contributed by atoms with Gasteiger partial charge in [-0.3, -0.25) is 4.79 Å². The van der Waals surface area contributed by atoms with Crippen LogP contribution in [-0.4, -0.2) is 51.3 Å². The van der Waals surface area contributed by atoms with Crippen LogP contribution in [0.1, 0.15) is 19.0 Å². The van der Waals surface area contributed by atoms with Crippen LogP contribution in [-0.2, 0) is 14.3 Å². The summed E-state index contributed by atoms with van der Waals surface area (Å²) in [6, 6.07) is 7.64. The minimum Gasteiger partial charge on any atom is -0.481 e. The number of aliphatic carboxylic acids is 1. The quantitative estimate of drug-likeness (QED) is 0.584. The molecule has 0 aliphatic carbocycles. The number of carbonyl (C=O) groups is 1. The summed E-state index contributed by atoms with van der Waals surface area (Å²) in [4.78, 5) is 27.7. The van der Waals surface area contributed by atoms with Crippen molar-refractivity contribution in [2.75, 3.05) is 25.6 Å². The molecule has 0 radical (unpaired) electrons. The van der Waals surface area contributed by atoms with Crippen molar-refractivity contribution in [1.29, 1.82) is 0 Å². The molecule has 4 rings (SSSR count). The lowest BCUT2D eigenvalue weighted by Gasteiger charge is -2.33. The average molecular weight is 413 g/mol. The summed E-state index contributed by atoms with van der Waals surface area (Å²) in [6.45, 7) is 1.52. The van der Waals surface area contributed by atoms with Crippen LogP contribution < -0.4 is 5.32 Å². The highest BCUT2D eigenvalue weighted by Gasteiger charge is 2.41. The van der Waals surface area contributed by atoms with Gasteiger partial charge in [0.2, 0.25) is 12.2 Å². The van der Waals surface area contributed by atoms with Gasteiger partial charge in [0.25, 0.3) is 0 Å². The van der Waals surface area contributed by atoms with Gasteiger partial charge >= 0.3 is 5.97 Å². The number of hydrogen-bond acceptors (Lipinski definition) is 7. The van der Waals surface area contributed by atoms with E-state index in [1.807, 2.05) is 0 Å². The van der Waals surface area contributed by atoms with E-state index < -0.39 is 17.7 Å². The van der Waals surface area contributed by atoms with Gasteiger partial charge in [-0.25, -0.2) is 19.3 Å². The number of aromatic amines is 1. The average Bonchev–Trinajstić information content (AvgIpc) is 3.20. The van der Waals surface area contributed by atoms with E-state index in [2.05, 4.69) is 25.3 Å². The Balaban J connectivity index is 1.73. The van der Waals surface area contributed by atoms with E-state index in [-0.39, 0.29) is 19.0 Å². The maximum atomic E-state index is 13.4. The molecule has 30 heavy (non-hydrogen) atoms. The number of carboxylic acid groups (broad SMARTS) is 1. The summed E-state index contributed by atoms with van der Waals surface area (Å²) in [5, 5.41) is 12.2. The predicted octanol–water partition coefficient (Wildman–Crippen LogP) is 2.85. The molecule has 2 aromatic heterocycles. The fraction of sp³-hybridized carbons (Fsp3) is 0.300. The number of imidazole rings is 1. The molecule has 1 aromatic carbocycles. The van der Waals surface area contributed by atoms with Crippen LogP contribution in [0.3, 0.4) is 0 Å². The third kappa shape index (κ3) is 3.74. The lowest BCUT2D eigenvalue weighted by molar-refractivity contribution is -0.236. The van der Waals surface area contributed by atoms with Crippen LogP contribution in [0, 0.1) is 11.2 Å². The summed E-state index contributed by atoms with van der Waals surface area (Å²) in [7, 11) is 1.71. The molecule has 0 unspecified atom stereocenters. The van der Waals surface area contributed by atoms with Crippen molar-refractivity contribution in [3.05, 3.63) is 48.2 Å². The zero-order valence-corrected chi connectivity index (χ0v) is 16.3. The first kappa shape index (κ1) is 19.9. The fourth-order valence-electron chi connectivity index (χ4n) is 3.01. The SMILES string of the molecule is CNc1nccc(-c2[nH]c(C3OCC(C)(C(=O)O)CO3)nc2-c2ccc(F)cc2)n1. The van der Waals surface area contributed by atoms with E-state index in [0.717, 1.165) is 0 Å². The highest BCUT2D eigenvalue weighted by atomic mass is 19.1. The number of rotatable bonds is 5. The number of nitrogens with zero attached hydrogens (tertiary/aromatic N) is 3. The Labute approximate surface area is 171 Å². The van der Waals surface area contributed by atoms with Gasteiger partial charge in [-0.05, 0) is 37.3 Å². The first-order valence-electron chi connectivity index (χ1n) is 9.23. The third-order valence-electron chi connectivity index (χ3n) is 4.82. The van der Waals surface area contributed by atoms with Crippen molar-refractivity contribution in [2.24, 2.45) is 5.41 Å². The van der Waals surface area contributed by atoms with Gasteiger partial charge in [0.15, 0.2) is 5.82 Å². The van der Waals surface area contributed by atoms with Gasteiger partial charge in [-0.2, -0.15) is 0 Å². The molecule has 3 aromatic rings. The standard InChI is InChI=1S/C20H20FN5O4/c1-20(18(27)28)9-29-17(30-10-20)16-25-14(11-3-5-12(21)6-4-11)15(26-16)13-7-8-23-19(22-2)24-13/h3-8,17H,9-10H2,1-2H3,(H,25,26)(H,27,28)(H,22,23,24). The van der Waals surface area contributed by atoms with Crippen LogP contribution in [0.2, 0.25) is 0 Å².